The zero-order valence-corrected chi connectivity index (χ0v) is 12.6. The molecule has 3 amide bonds. The fraction of sp³-hybridized carbons (Fsp3) is 0.357. The Bertz CT molecular complexity index is 635. The van der Waals surface area contributed by atoms with Gasteiger partial charge in [0.2, 0.25) is 5.91 Å². The van der Waals surface area contributed by atoms with Crippen LogP contribution in [0.2, 0.25) is 0 Å². The van der Waals surface area contributed by atoms with Gasteiger partial charge in [-0.2, -0.15) is 0 Å². The fourth-order valence-corrected chi connectivity index (χ4v) is 3.44. The number of amides is 3. The van der Waals surface area contributed by atoms with E-state index in [1.807, 2.05) is 31.3 Å². The van der Waals surface area contributed by atoms with Crippen molar-refractivity contribution in [1.82, 2.24) is 15.2 Å². The second kappa shape index (κ2) is 5.79. The lowest BCUT2D eigenvalue weighted by molar-refractivity contribution is -0.901. The average Bonchev–Trinajstić information content (AvgIpc) is 2.85. The first kappa shape index (κ1) is 14.0. The maximum atomic E-state index is 11.8. The summed E-state index contributed by atoms with van der Waals surface area (Å²) in [5, 5.41) is 3.71. The van der Waals surface area contributed by atoms with Gasteiger partial charge in [0.15, 0.2) is 6.67 Å². The molecular formula is C14H17N4O2S+. The van der Waals surface area contributed by atoms with E-state index in [9.17, 15) is 9.59 Å². The minimum Gasteiger partial charge on any atom is -0.337 e. The van der Waals surface area contributed by atoms with Crippen molar-refractivity contribution in [3.8, 4) is 0 Å². The van der Waals surface area contributed by atoms with Crippen LogP contribution in [0.1, 0.15) is 11.4 Å². The van der Waals surface area contributed by atoms with Gasteiger partial charge in [0.25, 0.3) is 0 Å². The van der Waals surface area contributed by atoms with E-state index >= 15 is 0 Å². The Morgan fingerprint density at radius 3 is 2.95 bits per heavy atom. The van der Waals surface area contributed by atoms with Gasteiger partial charge in [-0.3, -0.25) is 4.79 Å². The molecule has 0 saturated carbocycles. The molecule has 2 heterocycles. The molecule has 1 saturated heterocycles. The number of hydrogen-bond acceptors (Lipinski definition) is 4. The number of hydrogen-bond donors (Lipinski definition) is 2. The second-order valence-electron chi connectivity index (χ2n) is 5.17. The highest BCUT2D eigenvalue weighted by Crippen LogP contribution is 2.20. The van der Waals surface area contributed by atoms with Crippen LogP contribution < -0.4 is 10.2 Å². The van der Waals surface area contributed by atoms with Crippen LogP contribution in [0.3, 0.4) is 0 Å². The smallest absolute Gasteiger partial charge is 0.328 e. The lowest BCUT2D eigenvalue weighted by Crippen LogP contribution is -3.09. The highest BCUT2D eigenvalue weighted by Gasteiger charge is 2.28. The quantitative estimate of drug-likeness (QED) is 0.849. The van der Waals surface area contributed by atoms with Crippen LogP contribution in [0, 0.1) is 0 Å². The fourth-order valence-electron chi connectivity index (χ4n) is 2.36. The van der Waals surface area contributed by atoms with Crippen molar-refractivity contribution in [3.05, 3.63) is 29.3 Å². The van der Waals surface area contributed by atoms with Crippen LogP contribution in [0.5, 0.6) is 0 Å². The molecule has 110 valence electrons. The summed E-state index contributed by atoms with van der Waals surface area (Å²) >= 11 is 1.65. The Kier molecular flexibility index (Phi) is 3.85. The predicted octanol–water partition coefficient (Wildman–Crippen LogP) is 0.210. The number of urea groups is 1. The minimum absolute atomic E-state index is 0.109. The molecule has 1 aliphatic rings. The Morgan fingerprint density at radius 2 is 2.19 bits per heavy atom. The van der Waals surface area contributed by atoms with E-state index in [0.29, 0.717) is 26.2 Å². The molecule has 6 nitrogen and oxygen atoms in total. The van der Waals surface area contributed by atoms with E-state index in [1.54, 1.807) is 11.3 Å². The molecule has 0 spiro atoms. The predicted molar refractivity (Wildman–Crippen MR) is 79.9 cm³/mol. The number of thiazole rings is 1. The Hall–Kier alpha value is -1.99. The van der Waals surface area contributed by atoms with E-state index < -0.39 is 0 Å². The number of para-hydroxylation sites is 1. The van der Waals surface area contributed by atoms with Gasteiger partial charge in [0, 0.05) is 13.0 Å². The van der Waals surface area contributed by atoms with Crippen molar-refractivity contribution in [1.29, 1.82) is 0 Å². The third-order valence-corrected chi connectivity index (χ3v) is 4.42. The van der Waals surface area contributed by atoms with Crippen molar-refractivity contribution >= 4 is 33.5 Å². The van der Waals surface area contributed by atoms with Crippen molar-refractivity contribution < 1.29 is 14.5 Å². The first-order valence-electron chi connectivity index (χ1n) is 6.87. The Morgan fingerprint density at radius 1 is 1.38 bits per heavy atom. The molecule has 0 bridgehead atoms. The van der Waals surface area contributed by atoms with Crippen LogP contribution in [0.25, 0.3) is 10.2 Å². The molecule has 1 aromatic carbocycles. The number of fused-ring (bicyclic) bond motifs is 1. The summed E-state index contributed by atoms with van der Waals surface area (Å²) in [7, 11) is 1.96. The first-order valence-corrected chi connectivity index (χ1v) is 7.69. The minimum atomic E-state index is -0.296. The number of carbonyl (C=O) groups is 2. The van der Waals surface area contributed by atoms with Gasteiger partial charge >= 0.3 is 6.03 Å². The van der Waals surface area contributed by atoms with E-state index in [2.05, 4.69) is 10.3 Å². The highest BCUT2D eigenvalue weighted by molar-refractivity contribution is 7.18. The van der Waals surface area contributed by atoms with Crippen molar-refractivity contribution in [3.63, 3.8) is 0 Å². The molecule has 1 atom stereocenters. The lowest BCUT2D eigenvalue weighted by Gasteiger charge is -2.27. The van der Waals surface area contributed by atoms with Crippen LogP contribution in [0.4, 0.5) is 4.79 Å². The Labute approximate surface area is 126 Å². The molecule has 2 N–H and O–H groups in total. The van der Waals surface area contributed by atoms with Crippen LogP contribution in [-0.4, -0.2) is 42.1 Å². The molecule has 1 aliphatic heterocycles. The summed E-state index contributed by atoms with van der Waals surface area (Å²) in [6, 6.07) is 7.71. The van der Waals surface area contributed by atoms with E-state index in [4.69, 9.17) is 0 Å². The van der Waals surface area contributed by atoms with E-state index in [1.165, 1.54) is 4.90 Å². The molecule has 0 aliphatic carbocycles. The highest BCUT2D eigenvalue weighted by atomic mass is 32.1. The normalized spacial score (nSPS) is 17.1. The molecule has 3 rings (SSSR count). The number of rotatable bonds is 4. The van der Waals surface area contributed by atoms with Crippen LogP contribution in [-0.2, 0) is 11.3 Å². The maximum absolute atomic E-state index is 11.8. The summed E-state index contributed by atoms with van der Waals surface area (Å²) in [5.41, 5.74) is 0.997. The maximum Gasteiger partial charge on any atom is 0.328 e. The van der Waals surface area contributed by atoms with Gasteiger partial charge in [-0.05, 0) is 12.1 Å². The van der Waals surface area contributed by atoms with Gasteiger partial charge in [0.05, 0.1) is 17.3 Å². The van der Waals surface area contributed by atoms with E-state index in [0.717, 1.165) is 20.1 Å². The van der Waals surface area contributed by atoms with Crippen molar-refractivity contribution in [2.24, 2.45) is 0 Å². The summed E-state index contributed by atoms with van der Waals surface area (Å²) in [6.45, 7) is 1.49. The molecule has 1 fully saturated rings. The summed E-state index contributed by atoms with van der Waals surface area (Å²) < 4.78 is 1.16. The molecular weight excluding hydrogens is 288 g/mol. The second-order valence-corrected chi connectivity index (χ2v) is 6.29. The van der Waals surface area contributed by atoms with Crippen LogP contribution >= 0.6 is 11.3 Å². The zero-order valence-electron chi connectivity index (χ0n) is 11.8. The third-order valence-electron chi connectivity index (χ3n) is 3.38. The average molecular weight is 305 g/mol. The molecule has 2 aromatic rings. The molecule has 21 heavy (non-hydrogen) atoms. The van der Waals surface area contributed by atoms with Gasteiger partial charge in [-0.15, -0.1) is 11.3 Å². The summed E-state index contributed by atoms with van der Waals surface area (Å²) in [5.74, 6) is -0.109. The van der Waals surface area contributed by atoms with Gasteiger partial charge in [-0.1, -0.05) is 12.1 Å². The third kappa shape index (κ3) is 3.03. The molecule has 1 unspecified atom stereocenters. The number of nitrogens with one attached hydrogen (secondary N) is 2. The number of imide groups is 1. The van der Waals surface area contributed by atoms with Crippen LogP contribution in [0.15, 0.2) is 24.3 Å². The first-order chi connectivity index (χ1) is 10.1. The number of carbonyl (C=O) groups excluding carboxylic acids is 2. The zero-order chi connectivity index (χ0) is 14.8. The number of nitrogens with zero attached hydrogens (tertiary/aromatic N) is 2. The molecule has 0 radical (unpaired) electrons. The van der Waals surface area contributed by atoms with Gasteiger partial charge in [-0.25, -0.2) is 14.7 Å². The number of quaternary nitrogens is 1. The van der Waals surface area contributed by atoms with Gasteiger partial charge < -0.3 is 10.2 Å². The SMILES string of the molecule is C[NH+](Cc1nc2ccccc2s1)CN1C(=O)CCNC1=O. The number of benzene rings is 1. The molecule has 1 aromatic heterocycles. The standard InChI is InChI=1S/C14H16N4O2S/c1-17(9-18-13(19)6-7-15-14(18)20)8-12-16-10-4-2-3-5-11(10)21-12/h2-5H,6-9H2,1H3,(H,15,20)/p+1. The topological polar surface area (TPSA) is 66.7 Å². The van der Waals surface area contributed by atoms with Crippen molar-refractivity contribution in [2.45, 2.75) is 13.0 Å². The summed E-state index contributed by atoms with van der Waals surface area (Å²) in [4.78, 5) is 30.4. The largest absolute Gasteiger partial charge is 0.337 e. The molecule has 7 heteroatoms. The Balaban J connectivity index is 1.66. The number of aromatic nitrogens is 1. The van der Waals surface area contributed by atoms with Crippen molar-refractivity contribution in [2.75, 3.05) is 20.3 Å². The lowest BCUT2D eigenvalue weighted by atomic mass is 10.3. The van der Waals surface area contributed by atoms with E-state index in [-0.39, 0.29) is 11.9 Å². The summed E-state index contributed by atoms with van der Waals surface area (Å²) in [6.07, 6.45) is 0.375. The van der Waals surface area contributed by atoms with Gasteiger partial charge in [0.1, 0.15) is 11.6 Å². The monoisotopic (exact) mass is 305 g/mol.